The first-order valence-electron chi connectivity index (χ1n) is 9.47. The summed E-state index contributed by atoms with van der Waals surface area (Å²) in [5, 5.41) is 0.228. The number of halogens is 3. The van der Waals surface area contributed by atoms with Gasteiger partial charge < -0.3 is 18.4 Å². The maximum absolute atomic E-state index is 15.0. The van der Waals surface area contributed by atoms with Crippen LogP contribution in [0.3, 0.4) is 0 Å². The van der Waals surface area contributed by atoms with Crippen molar-refractivity contribution in [2.45, 2.75) is 38.9 Å². The van der Waals surface area contributed by atoms with Crippen LogP contribution in [-0.2, 0) is 24.9 Å². The third kappa shape index (κ3) is 4.77. The molecule has 0 amide bonds. The molecule has 1 aliphatic heterocycles. The monoisotopic (exact) mass is 452 g/mol. The molecule has 0 unspecified atom stereocenters. The molecule has 162 valence electrons. The molecule has 0 saturated carbocycles. The Morgan fingerprint density at radius 3 is 2.69 bits per heavy atom. The fourth-order valence-electron chi connectivity index (χ4n) is 3.54. The van der Waals surface area contributed by atoms with Gasteiger partial charge in [-0.05, 0) is 26.2 Å². The maximum Gasteiger partial charge on any atom is 0.399 e. The van der Waals surface area contributed by atoms with E-state index in [9.17, 15) is 13.3 Å². The first-order chi connectivity index (χ1) is 13.8. The molecule has 1 saturated heterocycles. The van der Waals surface area contributed by atoms with Crippen LogP contribution in [0.2, 0.25) is 5.15 Å². The zero-order chi connectivity index (χ0) is 21.1. The highest BCUT2D eigenvalue weighted by Crippen LogP contribution is 2.64. The minimum absolute atomic E-state index is 0.119. The van der Waals surface area contributed by atoms with Gasteiger partial charge in [0.05, 0.1) is 26.1 Å². The van der Waals surface area contributed by atoms with Crippen molar-refractivity contribution in [2.75, 3.05) is 26.4 Å². The number of rotatable bonds is 9. The molecule has 0 radical (unpaired) electrons. The van der Waals surface area contributed by atoms with Crippen LogP contribution in [0, 0.1) is 11.8 Å². The van der Waals surface area contributed by atoms with Gasteiger partial charge in [0, 0.05) is 25.5 Å². The molecule has 2 aromatic heterocycles. The lowest BCUT2D eigenvalue weighted by Crippen LogP contribution is -2.35. The number of aromatic nitrogens is 4. The quantitative estimate of drug-likeness (QED) is 0.412. The van der Waals surface area contributed by atoms with Gasteiger partial charge in [0.1, 0.15) is 11.8 Å². The number of ether oxygens (including phenoxy) is 1. The summed E-state index contributed by atoms with van der Waals surface area (Å²) in [6, 6.07) is 0. The van der Waals surface area contributed by atoms with Gasteiger partial charge in [-0.2, -0.15) is 8.78 Å². The first-order valence-corrected chi connectivity index (χ1v) is 11.4. The molecule has 12 heteroatoms. The molecule has 0 N–H and O–H groups in total. The first kappa shape index (κ1) is 22.5. The summed E-state index contributed by atoms with van der Waals surface area (Å²) in [6.45, 7) is 3.80. The summed E-state index contributed by atoms with van der Waals surface area (Å²) in [4.78, 5) is 12.3. The van der Waals surface area contributed by atoms with Crippen LogP contribution in [0.5, 0.6) is 0 Å². The molecule has 0 bridgehead atoms. The fraction of sp³-hybridized carbons (Fsp3) is 0.706. The molecule has 0 aliphatic carbocycles. The molecule has 2 atom stereocenters. The SMILES string of the molecule is CCOP(=O)(OCC)C(F)(F)C[C@H]1CCOC[C@@H]1Cn1cnc2c(Cl)ncnc21. The van der Waals surface area contributed by atoms with E-state index in [1.807, 2.05) is 0 Å². The van der Waals surface area contributed by atoms with Crippen molar-refractivity contribution in [3.05, 3.63) is 17.8 Å². The zero-order valence-corrected chi connectivity index (χ0v) is 17.9. The molecule has 1 aliphatic rings. The predicted octanol–water partition coefficient (Wildman–Crippen LogP) is 4.38. The summed E-state index contributed by atoms with van der Waals surface area (Å²) in [6.07, 6.45) is 2.69. The van der Waals surface area contributed by atoms with Gasteiger partial charge in [0.15, 0.2) is 10.8 Å². The number of alkyl halides is 2. The van der Waals surface area contributed by atoms with E-state index in [0.29, 0.717) is 37.3 Å². The van der Waals surface area contributed by atoms with Gasteiger partial charge in [0.2, 0.25) is 0 Å². The third-order valence-electron chi connectivity index (χ3n) is 4.93. The van der Waals surface area contributed by atoms with Gasteiger partial charge in [-0.3, -0.25) is 4.57 Å². The average Bonchev–Trinajstić information content (AvgIpc) is 3.08. The van der Waals surface area contributed by atoms with E-state index in [0.717, 1.165) is 0 Å². The topological polar surface area (TPSA) is 88.4 Å². The number of fused-ring (bicyclic) bond motifs is 1. The van der Waals surface area contributed by atoms with Crippen LogP contribution in [-0.4, -0.2) is 51.6 Å². The maximum atomic E-state index is 15.0. The van der Waals surface area contributed by atoms with Crippen LogP contribution < -0.4 is 0 Å². The summed E-state index contributed by atoms with van der Waals surface area (Å²) >= 11 is 6.03. The Morgan fingerprint density at radius 2 is 2.00 bits per heavy atom. The minimum atomic E-state index is -4.56. The van der Waals surface area contributed by atoms with Crippen molar-refractivity contribution in [1.29, 1.82) is 0 Å². The van der Waals surface area contributed by atoms with E-state index in [1.165, 1.54) is 20.2 Å². The van der Waals surface area contributed by atoms with Crippen LogP contribution in [0.15, 0.2) is 12.7 Å². The Labute approximate surface area is 172 Å². The van der Waals surface area contributed by atoms with Crippen LogP contribution in [0.1, 0.15) is 26.7 Å². The highest BCUT2D eigenvalue weighted by Gasteiger charge is 2.55. The summed E-state index contributed by atoms with van der Waals surface area (Å²) in [5.74, 6) is -0.694. The normalized spacial score (nSPS) is 21.0. The Balaban J connectivity index is 1.80. The van der Waals surface area contributed by atoms with Crippen LogP contribution in [0.4, 0.5) is 8.78 Å². The van der Waals surface area contributed by atoms with Crippen molar-refractivity contribution in [1.82, 2.24) is 19.5 Å². The van der Waals surface area contributed by atoms with E-state index in [4.69, 9.17) is 25.4 Å². The number of nitrogens with zero attached hydrogens (tertiary/aromatic N) is 4. The van der Waals surface area contributed by atoms with Gasteiger partial charge in [-0.1, -0.05) is 11.6 Å². The minimum Gasteiger partial charge on any atom is -0.381 e. The average molecular weight is 453 g/mol. The molecule has 0 spiro atoms. The number of hydrogen-bond donors (Lipinski definition) is 0. The molecule has 3 heterocycles. The van der Waals surface area contributed by atoms with E-state index in [-0.39, 0.29) is 24.3 Å². The lowest BCUT2D eigenvalue weighted by Gasteiger charge is -2.35. The van der Waals surface area contributed by atoms with Crippen LogP contribution >= 0.6 is 19.2 Å². The van der Waals surface area contributed by atoms with E-state index in [2.05, 4.69) is 15.0 Å². The molecule has 0 aromatic carbocycles. The van der Waals surface area contributed by atoms with E-state index >= 15 is 0 Å². The molecular weight excluding hydrogens is 429 g/mol. The zero-order valence-electron chi connectivity index (χ0n) is 16.3. The second kappa shape index (κ2) is 9.31. The smallest absolute Gasteiger partial charge is 0.381 e. The summed E-state index contributed by atoms with van der Waals surface area (Å²) in [7, 11) is -4.56. The van der Waals surface area contributed by atoms with Gasteiger partial charge in [-0.25, -0.2) is 15.0 Å². The van der Waals surface area contributed by atoms with Crippen molar-refractivity contribution < 1.29 is 27.1 Å². The Kier molecular flexibility index (Phi) is 7.22. The Hall–Kier alpha value is -1.19. The van der Waals surface area contributed by atoms with Crippen molar-refractivity contribution in [3.8, 4) is 0 Å². The second-order valence-corrected chi connectivity index (χ2v) is 9.34. The van der Waals surface area contributed by atoms with Gasteiger partial charge >= 0.3 is 13.3 Å². The summed E-state index contributed by atoms with van der Waals surface area (Å²) in [5.41, 5.74) is -2.62. The largest absolute Gasteiger partial charge is 0.399 e. The predicted molar refractivity (Wildman–Crippen MR) is 103 cm³/mol. The molecule has 3 rings (SSSR count). The van der Waals surface area contributed by atoms with E-state index in [1.54, 1.807) is 10.9 Å². The highest BCUT2D eigenvalue weighted by molar-refractivity contribution is 7.55. The molecule has 29 heavy (non-hydrogen) atoms. The molecular formula is C17H24ClF2N4O4P. The number of imidazole rings is 1. The Morgan fingerprint density at radius 1 is 1.28 bits per heavy atom. The van der Waals surface area contributed by atoms with Crippen LogP contribution in [0.25, 0.3) is 11.2 Å². The molecule has 2 aromatic rings. The standard InChI is InChI=1S/C17H24ClF2N4O4P/c1-3-27-29(25,28-4-2)17(19,20)7-12-5-6-26-9-13(12)8-24-11-23-14-15(18)21-10-22-16(14)24/h10-13H,3-9H2,1-2H3/t12-,13+/m1/s1. The van der Waals surface area contributed by atoms with Gasteiger partial charge in [-0.15, -0.1) is 0 Å². The Bertz CT molecular complexity index is 874. The highest BCUT2D eigenvalue weighted by atomic mass is 35.5. The molecule has 1 fully saturated rings. The fourth-order valence-corrected chi connectivity index (χ4v) is 5.31. The molecule has 8 nitrogen and oxygen atoms in total. The van der Waals surface area contributed by atoms with Crippen molar-refractivity contribution in [3.63, 3.8) is 0 Å². The lowest BCUT2D eigenvalue weighted by atomic mass is 9.85. The van der Waals surface area contributed by atoms with Crippen molar-refractivity contribution >= 4 is 30.4 Å². The van der Waals surface area contributed by atoms with Crippen molar-refractivity contribution in [2.24, 2.45) is 11.8 Å². The number of hydrogen-bond acceptors (Lipinski definition) is 7. The van der Waals surface area contributed by atoms with Gasteiger partial charge in [0.25, 0.3) is 0 Å². The lowest BCUT2D eigenvalue weighted by molar-refractivity contribution is -0.0384. The summed E-state index contributed by atoms with van der Waals surface area (Å²) < 4.78 is 59.7. The second-order valence-electron chi connectivity index (χ2n) is 6.82. The van der Waals surface area contributed by atoms with E-state index < -0.39 is 25.6 Å². The third-order valence-corrected chi connectivity index (χ3v) is 7.38.